The second-order valence-electron chi connectivity index (χ2n) is 12.5. The number of anilines is 5. The molecule has 13 nitrogen and oxygen atoms in total. The van der Waals surface area contributed by atoms with Crippen molar-refractivity contribution >= 4 is 75.0 Å². The Labute approximate surface area is 275 Å². The zero-order chi connectivity index (χ0) is 33.1. The van der Waals surface area contributed by atoms with E-state index in [-0.39, 0.29) is 48.6 Å². The maximum absolute atomic E-state index is 13.7. The van der Waals surface area contributed by atoms with E-state index in [0.29, 0.717) is 41.7 Å². The van der Waals surface area contributed by atoms with Crippen LogP contribution in [0.3, 0.4) is 0 Å². The number of piperidine rings is 2. The number of benzene rings is 2. The van der Waals surface area contributed by atoms with E-state index >= 15 is 0 Å². The molecule has 2 N–H and O–H groups in total. The third-order valence-corrected chi connectivity index (χ3v) is 9.73. The summed E-state index contributed by atoms with van der Waals surface area (Å²) in [5.74, 6) is -0.214. The van der Waals surface area contributed by atoms with Gasteiger partial charge in [0.1, 0.15) is 5.02 Å². The lowest BCUT2D eigenvalue weighted by Gasteiger charge is -2.40. The van der Waals surface area contributed by atoms with Crippen LogP contribution in [0.25, 0.3) is 10.9 Å². The van der Waals surface area contributed by atoms with Crippen LogP contribution < -0.4 is 25.3 Å². The lowest BCUT2D eigenvalue weighted by molar-refractivity contribution is -0.134. The minimum Gasteiger partial charge on any atom is -0.340 e. The first-order valence-electron chi connectivity index (χ1n) is 15.5. The number of fused-ring (bicyclic) bond motifs is 2. The highest BCUT2D eigenvalue weighted by Gasteiger charge is 2.36. The van der Waals surface area contributed by atoms with E-state index in [1.165, 1.54) is 0 Å². The van der Waals surface area contributed by atoms with Gasteiger partial charge in [0.25, 0.3) is 0 Å². The molecule has 2 saturated heterocycles. The summed E-state index contributed by atoms with van der Waals surface area (Å²) in [6.07, 6.45) is 3.51. The molecule has 7 rings (SSSR count). The number of nitrogens with one attached hydrogen (secondary N) is 2. The van der Waals surface area contributed by atoms with Crippen molar-refractivity contribution in [3.63, 3.8) is 0 Å². The summed E-state index contributed by atoms with van der Waals surface area (Å²) in [4.78, 5) is 64.6. The standard InChI is InChI=1S/C33H34ClN9O4/c1-17-11-21(40(2)33-35-16-24(34)31(38-33)36-19-5-9-25-18(12-19)13-28(45)41(25)3)15-29(46)43(17)20-6-7-22-26(14-20)42(4)39-30(22)23-8-10-27(44)37-32(23)47/h5-7,9,12,14,16-17,21,23H,8,10-11,13,15H2,1-4H3,(H,35,36,38)(H,37,44,47)/t17-,21-,23?/m0/s1. The lowest BCUT2D eigenvalue weighted by Crippen LogP contribution is -2.51. The SMILES string of the molecule is C[C@H]1C[C@H](N(C)c2ncc(Cl)c(Nc3ccc4c(c3)CC(=O)N4C)n2)CC(=O)N1c1ccc2c(C3CCC(=O)NC3=O)nn(C)c2c1. The fourth-order valence-corrected chi connectivity index (χ4v) is 7.06. The minimum absolute atomic E-state index is 0.0301. The molecule has 3 aliphatic heterocycles. The van der Waals surface area contributed by atoms with Crippen LogP contribution in [-0.4, -0.2) is 69.6 Å². The number of hydrogen-bond acceptors (Lipinski definition) is 9. The van der Waals surface area contributed by atoms with Gasteiger partial charge in [-0.3, -0.25) is 29.2 Å². The van der Waals surface area contributed by atoms with E-state index in [0.717, 1.165) is 33.5 Å². The maximum Gasteiger partial charge on any atom is 0.235 e. The van der Waals surface area contributed by atoms with Crippen molar-refractivity contribution in [2.75, 3.05) is 34.1 Å². The Bertz CT molecular complexity index is 1980. The smallest absolute Gasteiger partial charge is 0.235 e. The van der Waals surface area contributed by atoms with Crippen LogP contribution in [0.15, 0.2) is 42.6 Å². The summed E-state index contributed by atoms with van der Waals surface area (Å²) in [5.41, 5.74) is 4.77. The Morgan fingerprint density at radius 3 is 2.64 bits per heavy atom. The second kappa shape index (κ2) is 11.6. The number of nitrogens with zero attached hydrogens (tertiary/aromatic N) is 7. The van der Waals surface area contributed by atoms with Gasteiger partial charge in [0.15, 0.2) is 5.82 Å². The van der Waals surface area contributed by atoms with Gasteiger partial charge >= 0.3 is 0 Å². The van der Waals surface area contributed by atoms with Crippen LogP contribution in [-0.2, 0) is 32.6 Å². The fraction of sp³-hybridized carbons (Fsp3) is 0.364. The van der Waals surface area contributed by atoms with Gasteiger partial charge in [-0.1, -0.05) is 11.6 Å². The summed E-state index contributed by atoms with van der Waals surface area (Å²) < 4.78 is 1.72. The van der Waals surface area contributed by atoms with Gasteiger partial charge in [-0.15, -0.1) is 0 Å². The molecule has 2 aromatic carbocycles. The third kappa shape index (κ3) is 5.43. The average molecular weight is 656 g/mol. The minimum atomic E-state index is -0.499. The van der Waals surface area contributed by atoms with Gasteiger partial charge in [0, 0.05) is 68.5 Å². The number of aromatic nitrogens is 4. The van der Waals surface area contributed by atoms with Crippen molar-refractivity contribution in [3.05, 3.63) is 58.9 Å². The first-order valence-corrected chi connectivity index (χ1v) is 15.9. The molecule has 5 heterocycles. The normalized spacial score (nSPS) is 21.3. The van der Waals surface area contributed by atoms with Crippen molar-refractivity contribution in [1.82, 2.24) is 25.1 Å². The lowest BCUT2D eigenvalue weighted by atomic mass is 9.92. The van der Waals surface area contributed by atoms with Crippen molar-refractivity contribution < 1.29 is 19.2 Å². The number of rotatable bonds is 6. The molecule has 2 fully saturated rings. The zero-order valence-electron chi connectivity index (χ0n) is 26.5. The van der Waals surface area contributed by atoms with Gasteiger partial charge in [0.05, 0.1) is 29.7 Å². The Morgan fingerprint density at radius 2 is 1.87 bits per heavy atom. The van der Waals surface area contributed by atoms with Gasteiger partial charge in [-0.2, -0.15) is 10.1 Å². The Hall–Kier alpha value is -5.04. The molecule has 0 aliphatic carbocycles. The van der Waals surface area contributed by atoms with Gasteiger partial charge in [-0.25, -0.2) is 4.98 Å². The highest BCUT2D eigenvalue weighted by Crippen LogP contribution is 2.36. The zero-order valence-corrected chi connectivity index (χ0v) is 27.2. The summed E-state index contributed by atoms with van der Waals surface area (Å²) in [6, 6.07) is 11.2. The summed E-state index contributed by atoms with van der Waals surface area (Å²) in [7, 11) is 5.45. The van der Waals surface area contributed by atoms with Crippen LogP contribution in [0.4, 0.5) is 28.8 Å². The fourth-order valence-electron chi connectivity index (χ4n) is 6.92. The second-order valence-corrected chi connectivity index (χ2v) is 12.9. The average Bonchev–Trinajstić information content (AvgIpc) is 3.51. The molecule has 0 bridgehead atoms. The number of likely N-dealkylation sites (N-methyl/N-ethyl adjacent to an activating group) is 1. The van der Waals surface area contributed by atoms with E-state index in [2.05, 4.69) is 20.7 Å². The molecule has 0 radical (unpaired) electrons. The molecular weight excluding hydrogens is 622 g/mol. The Morgan fingerprint density at radius 1 is 1.06 bits per heavy atom. The molecule has 2 aromatic heterocycles. The van der Waals surface area contributed by atoms with Crippen molar-refractivity contribution in [1.29, 1.82) is 0 Å². The summed E-state index contributed by atoms with van der Waals surface area (Å²) in [6.45, 7) is 2.02. The van der Waals surface area contributed by atoms with Crippen molar-refractivity contribution in [3.8, 4) is 0 Å². The van der Waals surface area contributed by atoms with Crippen LogP contribution in [0.1, 0.15) is 49.8 Å². The van der Waals surface area contributed by atoms with Crippen molar-refractivity contribution in [2.45, 2.75) is 57.0 Å². The van der Waals surface area contributed by atoms with Gasteiger partial charge < -0.3 is 20.0 Å². The van der Waals surface area contributed by atoms with E-state index in [1.54, 1.807) is 22.8 Å². The summed E-state index contributed by atoms with van der Waals surface area (Å²) in [5, 5.41) is 11.5. The number of aryl methyl sites for hydroxylation is 1. The Kier molecular flexibility index (Phi) is 7.58. The van der Waals surface area contributed by atoms with Crippen LogP contribution >= 0.6 is 11.6 Å². The number of halogens is 1. The molecule has 3 atom stereocenters. The van der Waals surface area contributed by atoms with E-state index in [1.807, 2.05) is 67.2 Å². The highest BCUT2D eigenvalue weighted by molar-refractivity contribution is 6.33. The van der Waals surface area contributed by atoms with Crippen LogP contribution in [0.2, 0.25) is 5.02 Å². The highest BCUT2D eigenvalue weighted by atomic mass is 35.5. The topological polar surface area (TPSA) is 146 Å². The molecule has 47 heavy (non-hydrogen) atoms. The maximum atomic E-state index is 13.7. The van der Waals surface area contributed by atoms with Crippen LogP contribution in [0, 0.1) is 0 Å². The van der Waals surface area contributed by atoms with E-state index in [4.69, 9.17) is 16.6 Å². The number of carbonyl (C=O) groups excluding carboxylic acids is 4. The first kappa shape index (κ1) is 30.6. The van der Waals surface area contributed by atoms with Crippen LogP contribution in [0.5, 0.6) is 0 Å². The molecule has 242 valence electrons. The van der Waals surface area contributed by atoms with Gasteiger partial charge in [-0.05, 0) is 61.7 Å². The Balaban J connectivity index is 1.07. The van der Waals surface area contributed by atoms with Gasteiger partial charge in [0.2, 0.25) is 29.6 Å². The first-order chi connectivity index (χ1) is 22.5. The molecular formula is C33H34ClN9O4. The molecule has 0 spiro atoms. The summed E-state index contributed by atoms with van der Waals surface area (Å²) >= 11 is 6.48. The largest absolute Gasteiger partial charge is 0.340 e. The molecule has 0 saturated carbocycles. The third-order valence-electron chi connectivity index (χ3n) is 9.46. The van der Waals surface area contributed by atoms with E-state index < -0.39 is 5.92 Å². The molecule has 1 unspecified atom stereocenters. The number of amides is 4. The predicted octanol–water partition coefficient (Wildman–Crippen LogP) is 3.82. The van der Waals surface area contributed by atoms with E-state index in [9.17, 15) is 19.2 Å². The number of carbonyl (C=O) groups is 4. The molecule has 3 aliphatic rings. The molecule has 14 heteroatoms. The number of imide groups is 1. The molecule has 4 aromatic rings. The number of hydrogen-bond donors (Lipinski definition) is 2. The molecule has 4 amide bonds. The van der Waals surface area contributed by atoms with Crippen molar-refractivity contribution in [2.24, 2.45) is 7.05 Å². The monoisotopic (exact) mass is 655 g/mol. The predicted molar refractivity (Wildman–Crippen MR) is 178 cm³/mol. The quantitative estimate of drug-likeness (QED) is 0.296.